The number of thiophene rings is 1. The lowest BCUT2D eigenvalue weighted by Crippen LogP contribution is -2.08. The van der Waals surface area contributed by atoms with Gasteiger partial charge < -0.3 is 9.52 Å². The van der Waals surface area contributed by atoms with Gasteiger partial charge in [-0.3, -0.25) is 0 Å². The maximum absolute atomic E-state index is 10.9. The molecule has 3 aromatic rings. The van der Waals surface area contributed by atoms with Gasteiger partial charge in [0.05, 0.1) is 5.75 Å². The van der Waals surface area contributed by atoms with Crippen LogP contribution in [0.2, 0.25) is 0 Å². The van der Waals surface area contributed by atoms with Gasteiger partial charge in [0.15, 0.2) is 0 Å². The van der Waals surface area contributed by atoms with Crippen LogP contribution in [0.15, 0.2) is 21.6 Å². The van der Waals surface area contributed by atoms with Crippen LogP contribution in [0.3, 0.4) is 0 Å². The van der Waals surface area contributed by atoms with E-state index in [0.717, 1.165) is 34.4 Å². The highest BCUT2D eigenvalue weighted by Crippen LogP contribution is 2.41. The van der Waals surface area contributed by atoms with Gasteiger partial charge in [0.25, 0.3) is 0 Å². The highest BCUT2D eigenvalue weighted by molar-refractivity contribution is 7.98. The van der Waals surface area contributed by atoms with Gasteiger partial charge in [0, 0.05) is 10.3 Å². The van der Waals surface area contributed by atoms with Crippen LogP contribution >= 0.6 is 23.1 Å². The van der Waals surface area contributed by atoms with E-state index in [1.165, 1.54) is 28.3 Å². The van der Waals surface area contributed by atoms with E-state index in [-0.39, 0.29) is 5.76 Å². The first-order valence-electron chi connectivity index (χ1n) is 8.25. The molecule has 3 aromatic heterocycles. The van der Waals surface area contributed by atoms with Gasteiger partial charge in [-0.15, -0.1) is 11.3 Å². The summed E-state index contributed by atoms with van der Waals surface area (Å²) < 4.78 is 5.36. The van der Waals surface area contributed by atoms with E-state index in [4.69, 9.17) is 9.52 Å². The van der Waals surface area contributed by atoms with Gasteiger partial charge >= 0.3 is 5.97 Å². The molecule has 25 heavy (non-hydrogen) atoms. The van der Waals surface area contributed by atoms with Crippen LogP contribution in [0.1, 0.15) is 45.9 Å². The topological polar surface area (TPSA) is 76.2 Å². The number of nitrogens with zero attached hydrogens (tertiary/aromatic N) is 2. The standard InChI is InChI=1S/C18H18N2O3S2/c1-9-3-5-12-14(7-9)25-17-15(12)16(19-10(2)20-17)24-8-11-4-6-13(23-11)18(21)22/h4,6,9H,3,5,7-8H2,1-2H3,(H,21,22). The number of carboxylic acid groups (broad SMARTS) is 1. The van der Waals surface area contributed by atoms with Crippen LogP contribution in [-0.4, -0.2) is 21.0 Å². The van der Waals surface area contributed by atoms with E-state index in [2.05, 4.69) is 16.9 Å². The minimum atomic E-state index is -1.04. The zero-order valence-electron chi connectivity index (χ0n) is 14.0. The average molecular weight is 374 g/mol. The molecule has 0 aliphatic heterocycles. The largest absolute Gasteiger partial charge is 0.475 e. The van der Waals surface area contributed by atoms with Crippen LogP contribution in [0, 0.1) is 12.8 Å². The van der Waals surface area contributed by atoms with Crippen LogP contribution in [0.25, 0.3) is 10.2 Å². The fourth-order valence-corrected chi connectivity index (χ4v) is 5.71. The Kier molecular flexibility index (Phi) is 4.29. The molecule has 0 fully saturated rings. The molecule has 5 nitrogen and oxygen atoms in total. The monoisotopic (exact) mass is 374 g/mol. The van der Waals surface area contributed by atoms with Crippen molar-refractivity contribution in [3.8, 4) is 0 Å². The quantitative estimate of drug-likeness (QED) is 0.526. The molecule has 0 spiro atoms. The number of fused-ring (bicyclic) bond motifs is 3. The molecule has 0 saturated carbocycles. The molecular formula is C18H18N2O3S2. The molecule has 0 radical (unpaired) electrons. The number of carbonyl (C=O) groups is 1. The smallest absolute Gasteiger partial charge is 0.371 e. The van der Waals surface area contributed by atoms with Crippen molar-refractivity contribution in [2.45, 2.75) is 43.9 Å². The Morgan fingerprint density at radius 3 is 3.04 bits per heavy atom. The van der Waals surface area contributed by atoms with Crippen molar-refractivity contribution in [3.63, 3.8) is 0 Å². The summed E-state index contributed by atoms with van der Waals surface area (Å²) in [5.74, 6) is 1.62. The number of aromatic nitrogens is 2. The van der Waals surface area contributed by atoms with E-state index in [9.17, 15) is 4.79 Å². The number of hydrogen-bond donors (Lipinski definition) is 1. The first-order valence-corrected chi connectivity index (χ1v) is 10.0. The van der Waals surface area contributed by atoms with Crippen LogP contribution in [0.5, 0.6) is 0 Å². The van der Waals surface area contributed by atoms with Crippen LogP contribution < -0.4 is 0 Å². The van der Waals surface area contributed by atoms with E-state index in [0.29, 0.717) is 11.5 Å². The predicted octanol–water partition coefficient (Wildman–Crippen LogP) is 4.71. The van der Waals surface area contributed by atoms with Crippen LogP contribution in [0.4, 0.5) is 0 Å². The van der Waals surface area contributed by atoms with E-state index >= 15 is 0 Å². The molecule has 1 aliphatic rings. The Hall–Kier alpha value is -1.86. The zero-order valence-corrected chi connectivity index (χ0v) is 15.7. The SMILES string of the molecule is Cc1nc(SCc2ccc(C(=O)O)o2)c2c3c(sc2n1)CC(C)CC3. The van der Waals surface area contributed by atoms with Crippen molar-refractivity contribution in [2.24, 2.45) is 5.92 Å². The fourth-order valence-electron chi connectivity index (χ4n) is 3.22. The second-order valence-electron chi connectivity index (χ2n) is 6.47. The summed E-state index contributed by atoms with van der Waals surface area (Å²) in [5, 5.41) is 11.1. The highest BCUT2D eigenvalue weighted by atomic mass is 32.2. The first kappa shape index (κ1) is 16.6. The number of thioether (sulfide) groups is 1. The van der Waals surface area contributed by atoms with Gasteiger partial charge in [-0.05, 0) is 49.8 Å². The number of aryl methyl sites for hydroxylation is 2. The molecule has 130 valence electrons. The van der Waals surface area contributed by atoms with E-state index < -0.39 is 5.97 Å². The van der Waals surface area contributed by atoms with Crippen LogP contribution in [-0.2, 0) is 18.6 Å². The molecule has 0 saturated heterocycles. The molecule has 1 unspecified atom stereocenters. The molecule has 0 aromatic carbocycles. The third-order valence-corrected chi connectivity index (χ3v) is 6.60. The Morgan fingerprint density at radius 1 is 1.44 bits per heavy atom. The molecule has 7 heteroatoms. The van der Waals surface area contributed by atoms with Crippen molar-refractivity contribution in [3.05, 3.63) is 39.9 Å². The summed E-state index contributed by atoms with van der Waals surface area (Å²) in [6.07, 6.45) is 3.41. The third-order valence-electron chi connectivity index (χ3n) is 4.46. The normalized spacial score (nSPS) is 17.0. The molecule has 1 N–H and O–H groups in total. The van der Waals surface area contributed by atoms with Gasteiger partial charge in [-0.25, -0.2) is 14.8 Å². The minimum Gasteiger partial charge on any atom is -0.475 e. The van der Waals surface area contributed by atoms with Gasteiger partial charge in [0.2, 0.25) is 5.76 Å². The molecule has 1 aliphatic carbocycles. The summed E-state index contributed by atoms with van der Waals surface area (Å²) in [5.41, 5.74) is 1.41. The zero-order chi connectivity index (χ0) is 17.6. The number of furan rings is 1. The van der Waals surface area contributed by atoms with Gasteiger partial charge in [0.1, 0.15) is 21.4 Å². The summed E-state index contributed by atoms with van der Waals surface area (Å²) in [7, 11) is 0. The Morgan fingerprint density at radius 2 is 2.28 bits per heavy atom. The molecular weight excluding hydrogens is 356 g/mol. The predicted molar refractivity (Wildman–Crippen MR) is 98.6 cm³/mol. The van der Waals surface area contributed by atoms with E-state index in [1.807, 2.05) is 6.92 Å². The lowest BCUT2D eigenvalue weighted by Gasteiger charge is -2.18. The second-order valence-corrected chi connectivity index (χ2v) is 8.52. The minimum absolute atomic E-state index is 0.0264. The Bertz CT molecular complexity index is 961. The lowest BCUT2D eigenvalue weighted by atomic mass is 9.89. The summed E-state index contributed by atoms with van der Waals surface area (Å²) in [6, 6.07) is 3.21. The maximum atomic E-state index is 10.9. The Balaban J connectivity index is 1.67. The first-order chi connectivity index (χ1) is 12.0. The second kappa shape index (κ2) is 6.46. The summed E-state index contributed by atoms with van der Waals surface area (Å²) >= 11 is 3.39. The fraction of sp³-hybridized carbons (Fsp3) is 0.389. The maximum Gasteiger partial charge on any atom is 0.371 e. The van der Waals surface area contributed by atoms with Crippen molar-refractivity contribution in [1.82, 2.24) is 9.97 Å². The van der Waals surface area contributed by atoms with Crippen molar-refractivity contribution < 1.29 is 14.3 Å². The number of aromatic carboxylic acids is 1. The van der Waals surface area contributed by atoms with Crippen molar-refractivity contribution in [1.29, 1.82) is 0 Å². The summed E-state index contributed by atoms with van der Waals surface area (Å²) in [6.45, 7) is 4.22. The Labute approximate surface area is 153 Å². The third kappa shape index (κ3) is 3.18. The average Bonchev–Trinajstić information content (AvgIpc) is 3.16. The van der Waals surface area contributed by atoms with Gasteiger partial charge in [-0.1, -0.05) is 18.7 Å². The van der Waals surface area contributed by atoms with Crippen molar-refractivity contribution >= 4 is 39.3 Å². The number of rotatable bonds is 4. The lowest BCUT2D eigenvalue weighted by molar-refractivity contribution is 0.0661. The summed E-state index contributed by atoms with van der Waals surface area (Å²) in [4.78, 5) is 22.8. The highest BCUT2D eigenvalue weighted by Gasteiger charge is 2.24. The molecule has 4 rings (SSSR count). The van der Waals surface area contributed by atoms with Crippen molar-refractivity contribution in [2.75, 3.05) is 0 Å². The number of carboxylic acids is 1. The molecule has 3 heterocycles. The van der Waals surface area contributed by atoms with Gasteiger partial charge in [-0.2, -0.15) is 0 Å². The molecule has 0 amide bonds. The molecule has 0 bridgehead atoms. The van der Waals surface area contributed by atoms with E-state index in [1.54, 1.807) is 29.2 Å². The molecule has 1 atom stereocenters. The number of hydrogen-bond acceptors (Lipinski definition) is 6.